The van der Waals surface area contributed by atoms with Gasteiger partial charge in [-0.2, -0.15) is 0 Å². The number of ether oxygens (including phenoxy) is 1. The SMILES string of the molecule is O=C(O)CP(=O)(O)OCC1OC(n2cc(/C=C/Br)c(=O)[nH]c2=O)CC1O. The van der Waals surface area contributed by atoms with Crippen molar-refractivity contribution in [3.8, 4) is 0 Å². The standard InChI is InChI=1S/C13H16BrN2O9P/c14-2-1-7-4-16(13(21)15-12(7)20)10-3-8(17)9(25-10)5-24-26(22,23)6-11(18)19/h1-2,4,8-10,17H,3,5-6H2,(H,18,19)(H,22,23)(H,15,20,21)/b2-1+. The van der Waals surface area contributed by atoms with Gasteiger partial charge in [0, 0.05) is 12.6 Å². The molecule has 0 saturated carbocycles. The zero-order chi connectivity index (χ0) is 19.5. The van der Waals surface area contributed by atoms with Crippen LogP contribution in [0.4, 0.5) is 0 Å². The Balaban J connectivity index is 2.12. The smallest absolute Gasteiger partial charge is 0.339 e. The molecule has 0 amide bonds. The molecule has 13 heteroatoms. The number of aliphatic hydroxyl groups is 1. The van der Waals surface area contributed by atoms with Gasteiger partial charge in [0.1, 0.15) is 18.5 Å². The molecule has 1 saturated heterocycles. The predicted molar refractivity (Wildman–Crippen MR) is 92.1 cm³/mol. The first-order valence-electron chi connectivity index (χ1n) is 7.27. The molecule has 0 radical (unpaired) electrons. The summed E-state index contributed by atoms with van der Waals surface area (Å²) >= 11 is 3.02. The van der Waals surface area contributed by atoms with Gasteiger partial charge >= 0.3 is 19.3 Å². The number of hydrogen-bond acceptors (Lipinski definition) is 7. The summed E-state index contributed by atoms with van der Waals surface area (Å²) < 4.78 is 22.8. The summed E-state index contributed by atoms with van der Waals surface area (Å²) in [4.78, 5) is 47.1. The van der Waals surface area contributed by atoms with Crippen molar-refractivity contribution in [1.82, 2.24) is 9.55 Å². The Hall–Kier alpha value is -1.56. The molecule has 1 aliphatic rings. The van der Waals surface area contributed by atoms with E-state index in [1.165, 1.54) is 17.3 Å². The van der Waals surface area contributed by atoms with Crippen molar-refractivity contribution in [3.05, 3.63) is 37.6 Å². The highest BCUT2D eigenvalue weighted by Crippen LogP contribution is 2.42. The second-order valence-corrected chi connectivity index (χ2v) is 7.84. The molecule has 1 fully saturated rings. The summed E-state index contributed by atoms with van der Waals surface area (Å²) in [5.41, 5.74) is -1.19. The van der Waals surface area contributed by atoms with E-state index >= 15 is 0 Å². The summed E-state index contributed by atoms with van der Waals surface area (Å²) in [7, 11) is -4.37. The highest BCUT2D eigenvalue weighted by molar-refractivity contribution is 9.11. The molecule has 0 aromatic carbocycles. The van der Waals surface area contributed by atoms with Gasteiger partial charge in [0.25, 0.3) is 5.56 Å². The van der Waals surface area contributed by atoms with Crippen LogP contribution >= 0.6 is 23.5 Å². The quantitative estimate of drug-likeness (QED) is 0.408. The molecule has 4 unspecified atom stereocenters. The van der Waals surface area contributed by atoms with Crippen molar-refractivity contribution in [3.63, 3.8) is 0 Å². The predicted octanol–water partition coefficient (Wildman–Crippen LogP) is -0.163. The van der Waals surface area contributed by atoms with E-state index in [4.69, 9.17) is 9.84 Å². The molecule has 0 bridgehead atoms. The number of aromatic amines is 1. The van der Waals surface area contributed by atoms with Gasteiger partial charge in [-0.15, -0.1) is 0 Å². The fourth-order valence-corrected chi connectivity index (χ4v) is 3.44. The van der Waals surface area contributed by atoms with Crippen LogP contribution in [0.15, 0.2) is 20.8 Å². The number of rotatable bonds is 7. The lowest BCUT2D eigenvalue weighted by Crippen LogP contribution is -2.33. The molecule has 2 heterocycles. The Bertz CT molecular complexity index is 864. The molecule has 1 aromatic heterocycles. The minimum Gasteiger partial charge on any atom is -0.481 e. The fourth-order valence-electron chi connectivity index (χ4n) is 2.34. The van der Waals surface area contributed by atoms with Crippen molar-refractivity contribution in [2.24, 2.45) is 0 Å². The zero-order valence-corrected chi connectivity index (χ0v) is 15.6. The second kappa shape index (κ2) is 8.42. The highest BCUT2D eigenvalue weighted by Gasteiger charge is 2.37. The summed E-state index contributed by atoms with van der Waals surface area (Å²) in [5, 5.41) is 18.6. The number of carbonyl (C=O) groups is 1. The molecule has 26 heavy (non-hydrogen) atoms. The Morgan fingerprint density at radius 2 is 2.23 bits per heavy atom. The number of aliphatic hydroxyl groups excluding tert-OH is 1. The average molecular weight is 455 g/mol. The lowest BCUT2D eigenvalue weighted by atomic mass is 10.2. The molecule has 2 rings (SSSR count). The molecule has 0 spiro atoms. The van der Waals surface area contributed by atoms with Crippen LogP contribution in [0.1, 0.15) is 18.2 Å². The third-order valence-electron chi connectivity index (χ3n) is 3.53. The zero-order valence-electron chi connectivity index (χ0n) is 13.1. The fraction of sp³-hybridized carbons (Fsp3) is 0.462. The van der Waals surface area contributed by atoms with E-state index in [0.717, 1.165) is 4.57 Å². The van der Waals surface area contributed by atoms with Crippen molar-refractivity contribution >= 4 is 35.6 Å². The maximum absolute atomic E-state index is 12.0. The topological polar surface area (TPSA) is 168 Å². The molecule has 1 aliphatic heterocycles. The Labute approximate surface area is 154 Å². The van der Waals surface area contributed by atoms with E-state index in [9.17, 15) is 28.9 Å². The number of aliphatic carboxylic acids is 1. The third-order valence-corrected chi connectivity index (χ3v) is 5.01. The molecule has 11 nitrogen and oxygen atoms in total. The second-order valence-electron chi connectivity index (χ2n) is 5.46. The minimum absolute atomic E-state index is 0.0356. The van der Waals surface area contributed by atoms with Crippen LogP contribution in [-0.4, -0.2) is 55.6 Å². The van der Waals surface area contributed by atoms with Crippen LogP contribution in [0, 0.1) is 0 Å². The number of H-pyrrole nitrogens is 1. The number of aromatic nitrogens is 2. The van der Waals surface area contributed by atoms with Gasteiger partial charge < -0.3 is 24.4 Å². The summed E-state index contributed by atoms with van der Waals surface area (Å²) in [6.45, 7) is -0.537. The van der Waals surface area contributed by atoms with Crippen molar-refractivity contribution in [2.75, 3.05) is 12.8 Å². The number of carboxylic acid groups (broad SMARTS) is 1. The average Bonchev–Trinajstić information content (AvgIpc) is 2.88. The number of hydrogen-bond donors (Lipinski definition) is 4. The summed E-state index contributed by atoms with van der Waals surface area (Å²) in [6.07, 6.45) is -1.58. The Morgan fingerprint density at radius 3 is 2.85 bits per heavy atom. The van der Waals surface area contributed by atoms with Gasteiger partial charge in [0.15, 0.2) is 0 Å². The van der Waals surface area contributed by atoms with Crippen LogP contribution in [0.3, 0.4) is 0 Å². The van der Waals surface area contributed by atoms with Crippen molar-refractivity contribution in [1.29, 1.82) is 0 Å². The van der Waals surface area contributed by atoms with Crippen molar-refractivity contribution in [2.45, 2.75) is 24.9 Å². The van der Waals surface area contributed by atoms with E-state index in [-0.39, 0.29) is 12.0 Å². The number of nitrogens with one attached hydrogen (secondary N) is 1. The first-order valence-corrected chi connectivity index (χ1v) is 9.94. The lowest BCUT2D eigenvalue weighted by Gasteiger charge is -2.18. The van der Waals surface area contributed by atoms with E-state index in [1.807, 2.05) is 0 Å². The molecule has 4 atom stereocenters. The van der Waals surface area contributed by atoms with Crippen molar-refractivity contribution < 1.29 is 33.7 Å². The van der Waals surface area contributed by atoms with Crippen LogP contribution < -0.4 is 11.2 Å². The van der Waals surface area contributed by atoms with E-state index < -0.39 is 56.0 Å². The van der Waals surface area contributed by atoms with Gasteiger partial charge in [-0.05, 0) is 11.1 Å². The molecule has 4 N–H and O–H groups in total. The molecule has 1 aromatic rings. The monoisotopic (exact) mass is 454 g/mol. The van der Waals surface area contributed by atoms with E-state index in [0.29, 0.717) is 0 Å². The van der Waals surface area contributed by atoms with Crippen LogP contribution in [0.25, 0.3) is 6.08 Å². The first kappa shape index (κ1) is 20.7. The van der Waals surface area contributed by atoms with Gasteiger partial charge in [-0.3, -0.25) is 23.7 Å². The Morgan fingerprint density at radius 1 is 1.54 bits per heavy atom. The van der Waals surface area contributed by atoms with E-state index in [1.54, 1.807) is 0 Å². The van der Waals surface area contributed by atoms with Crippen LogP contribution in [0.2, 0.25) is 0 Å². The minimum atomic E-state index is -4.37. The maximum atomic E-state index is 12.0. The molecular weight excluding hydrogens is 439 g/mol. The van der Waals surface area contributed by atoms with Crippen LogP contribution in [-0.2, 0) is 18.6 Å². The number of carboxylic acids is 1. The largest absolute Gasteiger partial charge is 0.481 e. The lowest BCUT2D eigenvalue weighted by molar-refractivity contribution is -0.134. The van der Waals surface area contributed by atoms with Gasteiger partial charge in [0.05, 0.1) is 18.3 Å². The number of nitrogens with zero attached hydrogens (tertiary/aromatic N) is 1. The van der Waals surface area contributed by atoms with E-state index in [2.05, 4.69) is 25.4 Å². The molecule has 0 aliphatic carbocycles. The Kier molecular flexibility index (Phi) is 6.72. The first-order chi connectivity index (χ1) is 12.1. The summed E-state index contributed by atoms with van der Waals surface area (Å²) in [5.74, 6) is -1.51. The normalized spacial score (nSPS) is 25.4. The molecule has 144 valence electrons. The van der Waals surface area contributed by atoms with Gasteiger partial charge in [-0.1, -0.05) is 15.9 Å². The van der Waals surface area contributed by atoms with Gasteiger partial charge in [0.2, 0.25) is 0 Å². The van der Waals surface area contributed by atoms with Gasteiger partial charge in [-0.25, -0.2) is 4.79 Å². The number of halogens is 1. The van der Waals surface area contributed by atoms with Crippen LogP contribution in [0.5, 0.6) is 0 Å². The summed E-state index contributed by atoms with van der Waals surface area (Å²) in [6, 6.07) is 0. The third kappa shape index (κ3) is 5.22. The highest BCUT2D eigenvalue weighted by atomic mass is 79.9. The maximum Gasteiger partial charge on any atom is 0.339 e. The molecular formula is C13H16BrN2O9P.